The molecule has 108 valence electrons. The maximum absolute atomic E-state index is 11.7. The Labute approximate surface area is 113 Å². The van der Waals surface area contributed by atoms with Crippen LogP contribution in [0.3, 0.4) is 0 Å². The molecule has 9 nitrogen and oxygen atoms in total. The first-order valence-corrected chi connectivity index (χ1v) is 6.13. The fourth-order valence-electron chi connectivity index (χ4n) is 2.34. The average Bonchev–Trinajstić information content (AvgIpc) is 2.92. The molecule has 0 saturated carbocycles. The summed E-state index contributed by atoms with van der Waals surface area (Å²) >= 11 is 0. The molecule has 0 radical (unpaired) electrons. The van der Waals surface area contributed by atoms with Crippen molar-refractivity contribution >= 4 is 17.1 Å². The average molecular weight is 281 g/mol. The highest BCUT2D eigenvalue weighted by Gasteiger charge is 2.45. The van der Waals surface area contributed by atoms with Crippen LogP contribution < -0.4 is 11.3 Å². The number of fused-ring (bicyclic) bond motifs is 1. The third-order valence-electron chi connectivity index (χ3n) is 3.61. The van der Waals surface area contributed by atoms with Crippen LogP contribution in [0.4, 0.5) is 5.95 Å². The van der Waals surface area contributed by atoms with Crippen molar-refractivity contribution in [3.05, 3.63) is 16.7 Å². The molecule has 0 bridgehead atoms. The van der Waals surface area contributed by atoms with E-state index in [0.29, 0.717) is 0 Å². The van der Waals surface area contributed by atoms with Crippen LogP contribution in [0.1, 0.15) is 19.6 Å². The number of ether oxygens (including phenoxy) is 1. The van der Waals surface area contributed by atoms with Crippen molar-refractivity contribution in [2.75, 3.05) is 12.3 Å². The van der Waals surface area contributed by atoms with E-state index >= 15 is 0 Å². The van der Waals surface area contributed by atoms with E-state index in [9.17, 15) is 15.0 Å². The lowest BCUT2D eigenvalue weighted by atomic mass is 10.0. The van der Waals surface area contributed by atoms with Gasteiger partial charge in [0.2, 0.25) is 5.95 Å². The van der Waals surface area contributed by atoms with Gasteiger partial charge in [0.15, 0.2) is 11.2 Å². The van der Waals surface area contributed by atoms with Gasteiger partial charge in [-0.3, -0.25) is 14.3 Å². The van der Waals surface area contributed by atoms with Crippen LogP contribution in [0, 0.1) is 0 Å². The maximum Gasteiger partial charge on any atom is 0.280 e. The van der Waals surface area contributed by atoms with E-state index in [1.807, 2.05) is 0 Å². The Balaban J connectivity index is 2.06. The molecular formula is C11H15N5O4. The number of aromatic nitrogens is 4. The van der Waals surface area contributed by atoms with E-state index in [-0.39, 0.29) is 30.1 Å². The molecule has 1 aliphatic rings. The van der Waals surface area contributed by atoms with Crippen LogP contribution in [0.15, 0.2) is 11.1 Å². The molecule has 1 unspecified atom stereocenters. The molecule has 0 spiro atoms. The van der Waals surface area contributed by atoms with Crippen LogP contribution in [0.25, 0.3) is 11.2 Å². The van der Waals surface area contributed by atoms with Gasteiger partial charge in [-0.15, -0.1) is 0 Å². The van der Waals surface area contributed by atoms with Crippen molar-refractivity contribution in [2.24, 2.45) is 0 Å². The Morgan fingerprint density at radius 2 is 2.45 bits per heavy atom. The number of anilines is 1. The second-order valence-corrected chi connectivity index (χ2v) is 5.07. The van der Waals surface area contributed by atoms with Crippen molar-refractivity contribution in [3.8, 4) is 0 Å². The summed E-state index contributed by atoms with van der Waals surface area (Å²) in [6.45, 7) is 1.30. The highest BCUT2D eigenvalue weighted by Crippen LogP contribution is 2.37. The molecule has 2 aromatic heterocycles. The number of nitrogens with two attached hydrogens (primary N) is 1. The summed E-state index contributed by atoms with van der Waals surface area (Å²) in [5, 5.41) is 19.3. The molecule has 5 N–H and O–H groups in total. The van der Waals surface area contributed by atoms with Gasteiger partial charge in [0.05, 0.1) is 19.0 Å². The summed E-state index contributed by atoms with van der Waals surface area (Å²) in [5.41, 5.74) is 4.47. The molecule has 3 rings (SSSR count). The quantitative estimate of drug-likeness (QED) is 0.538. The van der Waals surface area contributed by atoms with Gasteiger partial charge in [-0.2, -0.15) is 4.98 Å². The summed E-state index contributed by atoms with van der Waals surface area (Å²) in [7, 11) is 0. The highest BCUT2D eigenvalue weighted by molar-refractivity contribution is 5.70. The van der Waals surface area contributed by atoms with Crippen molar-refractivity contribution in [2.45, 2.75) is 31.3 Å². The molecule has 1 saturated heterocycles. The SMILES string of the molecule is C[C@]1(CO)O[C@@H](n2cnc3c(=O)[nH]c(N)nc32)CC1O. The second-order valence-electron chi connectivity index (χ2n) is 5.07. The summed E-state index contributed by atoms with van der Waals surface area (Å²) in [6.07, 6.45) is 0.277. The summed E-state index contributed by atoms with van der Waals surface area (Å²) < 4.78 is 7.21. The van der Waals surface area contributed by atoms with Gasteiger partial charge in [0, 0.05) is 6.42 Å². The largest absolute Gasteiger partial charge is 0.393 e. The number of aliphatic hydroxyl groups is 2. The first kappa shape index (κ1) is 13.0. The topological polar surface area (TPSA) is 139 Å². The number of hydrogen-bond donors (Lipinski definition) is 4. The van der Waals surface area contributed by atoms with E-state index in [0.717, 1.165) is 0 Å². The lowest BCUT2D eigenvalue weighted by Crippen LogP contribution is -2.39. The number of imidazole rings is 1. The van der Waals surface area contributed by atoms with Crippen LogP contribution in [0.2, 0.25) is 0 Å². The van der Waals surface area contributed by atoms with E-state index in [4.69, 9.17) is 10.5 Å². The Hall–Kier alpha value is -1.97. The van der Waals surface area contributed by atoms with Gasteiger partial charge >= 0.3 is 0 Å². The number of rotatable bonds is 2. The monoisotopic (exact) mass is 281 g/mol. The van der Waals surface area contributed by atoms with Crippen LogP contribution in [-0.4, -0.2) is 48.0 Å². The first-order chi connectivity index (χ1) is 9.44. The molecule has 2 aromatic rings. The molecule has 0 aliphatic carbocycles. The normalized spacial score (nSPS) is 30.1. The van der Waals surface area contributed by atoms with Crippen molar-refractivity contribution in [1.82, 2.24) is 19.5 Å². The maximum atomic E-state index is 11.7. The van der Waals surface area contributed by atoms with E-state index in [1.54, 1.807) is 6.92 Å². The van der Waals surface area contributed by atoms with E-state index in [1.165, 1.54) is 10.9 Å². The minimum absolute atomic E-state index is 0.0206. The number of nitrogens with zero attached hydrogens (tertiary/aromatic N) is 3. The van der Waals surface area contributed by atoms with E-state index < -0.39 is 23.5 Å². The Kier molecular flexibility index (Phi) is 2.78. The highest BCUT2D eigenvalue weighted by atomic mass is 16.6. The summed E-state index contributed by atoms with van der Waals surface area (Å²) in [4.78, 5) is 22.1. The minimum Gasteiger partial charge on any atom is -0.393 e. The van der Waals surface area contributed by atoms with Crippen LogP contribution >= 0.6 is 0 Å². The van der Waals surface area contributed by atoms with E-state index in [2.05, 4.69) is 15.0 Å². The Morgan fingerprint density at radius 3 is 3.10 bits per heavy atom. The number of hydrogen-bond acceptors (Lipinski definition) is 7. The first-order valence-electron chi connectivity index (χ1n) is 6.13. The van der Waals surface area contributed by atoms with Crippen LogP contribution in [-0.2, 0) is 4.74 Å². The predicted octanol–water partition coefficient (Wildman–Crippen LogP) is -1.27. The smallest absolute Gasteiger partial charge is 0.280 e. The van der Waals surface area contributed by atoms with Gasteiger partial charge in [-0.05, 0) is 6.92 Å². The summed E-state index contributed by atoms with van der Waals surface area (Å²) in [5.74, 6) is -0.0206. The molecule has 0 aromatic carbocycles. The number of H-pyrrole nitrogens is 1. The molecular weight excluding hydrogens is 266 g/mol. The zero-order chi connectivity index (χ0) is 14.5. The zero-order valence-corrected chi connectivity index (χ0v) is 10.8. The third kappa shape index (κ3) is 1.79. The van der Waals surface area contributed by atoms with Crippen molar-refractivity contribution in [3.63, 3.8) is 0 Å². The number of aromatic amines is 1. The number of aliphatic hydroxyl groups excluding tert-OH is 2. The van der Waals surface area contributed by atoms with Crippen molar-refractivity contribution < 1.29 is 14.9 Å². The van der Waals surface area contributed by atoms with Gasteiger partial charge in [0.1, 0.15) is 11.8 Å². The van der Waals surface area contributed by atoms with Gasteiger partial charge in [-0.1, -0.05) is 0 Å². The fraction of sp³-hybridized carbons (Fsp3) is 0.545. The summed E-state index contributed by atoms with van der Waals surface area (Å²) in [6, 6.07) is 0. The van der Waals surface area contributed by atoms with Gasteiger partial charge in [-0.25, -0.2) is 4.98 Å². The predicted molar refractivity (Wildman–Crippen MR) is 68.8 cm³/mol. The Morgan fingerprint density at radius 1 is 1.70 bits per heavy atom. The second kappa shape index (κ2) is 4.27. The number of nitrogens with one attached hydrogen (secondary N) is 1. The number of nitrogen functional groups attached to an aromatic ring is 1. The van der Waals surface area contributed by atoms with Gasteiger partial charge in [0.25, 0.3) is 5.56 Å². The van der Waals surface area contributed by atoms with Gasteiger partial charge < -0.3 is 20.7 Å². The molecule has 0 amide bonds. The molecule has 1 aliphatic heterocycles. The lowest BCUT2D eigenvalue weighted by Gasteiger charge is -2.24. The molecule has 9 heteroatoms. The molecule has 3 atom stereocenters. The standard InChI is InChI=1S/C11H15N5O4/c1-11(3-17)5(18)2-6(20-11)16-4-13-7-8(16)14-10(12)15-9(7)19/h4-6,17-18H,2-3H2,1H3,(H3,12,14,15,19)/t5?,6-,11-/m1/s1. The molecule has 20 heavy (non-hydrogen) atoms. The fourth-order valence-corrected chi connectivity index (χ4v) is 2.34. The van der Waals surface area contributed by atoms with Crippen molar-refractivity contribution in [1.29, 1.82) is 0 Å². The lowest BCUT2D eigenvalue weighted by molar-refractivity contribution is -0.115. The minimum atomic E-state index is -1.05. The third-order valence-corrected chi connectivity index (χ3v) is 3.61. The molecule has 3 heterocycles. The Bertz CT molecular complexity index is 710. The zero-order valence-electron chi connectivity index (χ0n) is 10.8. The van der Waals surface area contributed by atoms with Crippen LogP contribution in [0.5, 0.6) is 0 Å². The molecule has 1 fully saturated rings.